The fraction of sp³-hybridized carbons (Fsp3) is 0.143. The van der Waals surface area contributed by atoms with Gasteiger partial charge in [-0.1, -0.05) is 42.5 Å². The largest absolute Gasteiger partial charge is 0.483 e. The maximum Gasteiger partial charge on any atom is 0.294 e. The van der Waals surface area contributed by atoms with Gasteiger partial charge in [-0.15, -0.1) is 0 Å². The van der Waals surface area contributed by atoms with Gasteiger partial charge >= 0.3 is 0 Å². The second kappa shape index (κ2) is 11.6. The van der Waals surface area contributed by atoms with Crippen molar-refractivity contribution in [3.8, 4) is 5.75 Å². The fourth-order valence-electron chi connectivity index (χ4n) is 3.53. The number of carbonyl (C=O) groups is 4. The molecule has 9 heteroatoms. The number of nitrogens with zero attached hydrogens (tertiary/aromatic N) is 1. The molecule has 188 valence electrons. The number of imide groups is 1. The summed E-state index contributed by atoms with van der Waals surface area (Å²) in [5.74, 6) is -0.997. The molecule has 0 aliphatic carbocycles. The van der Waals surface area contributed by atoms with E-state index >= 15 is 0 Å². The van der Waals surface area contributed by atoms with Gasteiger partial charge < -0.3 is 15.4 Å². The topological polar surface area (TPSA) is 105 Å². The molecule has 0 atom stereocenters. The normalized spacial score (nSPS) is 14.1. The van der Waals surface area contributed by atoms with Crippen molar-refractivity contribution in [3.63, 3.8) is 0 Å². The number of aryl methyl sites for hydroxylation is 2. The van der Waals surface area contributed by atoms with Crippen molar-refractivity contribution in [3.05, 3.63) is 94.4 Å². The molecule has 0 radical (unpaired) electrons. The van der Waals surface area contributed by atoms with Crippen molar-refractivity contribution in [2.24, 2.45) is 0 Å². The van der Waals surface area contributed by atoms with E-state index < -0.39 is 23.6 Å². The zero-order valence-electron chi connectivity index (χ0n) is 20.3. The molecular formula is C28H25N3O5S. The Balaban J connectivity index is 1.40. The van der Waals surface area contributed by atoms with E-state index in [1.807, 2.05) is 38.1 Å². The number of anilines is 2. The van der Waals surface area contributed by atoms with Crippen LogP contribution < -0.4 is 15.4 Å². The highest BCUT2D eigenvalue weighted by molar-refractivity contribution is 8.18. The van der Waals surface area contributed by atoms with E-state index in [4.69, 9.17) is 4.74 Å². The smallest absolute Gasteiger partial charge is 0.294 e. The van der Waals surface area contributed by atoms with Gasteiger partial charge in [-0.25, -0.2) is 0 Å². The van der Waals surface area contributed by atoms with Crippen LogP contribution in [0.15, 0.2) is 77.7 Å². The van der Waals surface area contributed by atoms with Crippen LogP contribution >= 0.6 is 11.8 Å². The quantitative estimate of drug-likeness (QED) is 0.409. The summed E-state index contributed by atoms with van der Waals surface area (Å²) in [7, 11) is 0. The lowest BCUT2D eigenvalue weighted by atomic mass is 10.1. The van der Waals surface area contributed by atoms with E-state index in [9.17, 15) is 19.2 Å². The second-order valence-electron chi connectivity index (χ2n) is 8.36. The van der Waals surface area contributed by atoms with Gasteiger partial charge in [0.1, 0.15) is 12.3 Å². The highest BCUT2D eigenvalue weighted by atomic mass is 32.2. The molecule has 1 aliphatic heterocycles. The lowest BCUT2D eigenvalue weighted by Crippen LogP contribution is -2.36. The number of amides is 4. The van der Waals surface area contributed by atoms with Gasteiger partial charge in [0.15, 0.2) is 6.61 Å². The molecule has 1 saturated heterocycles. The summed E-state index contributed by atoms with van der Waals surface area (Å²) in [5.41, 5.74) is 3.97. The summed E-state index contributed by atoms with van der Waals surface area (Å²) in [6.45, 7) is 3.33. The molecule has 0 aromatic heterocycles. The predicted molar refractivity (Wildman–Crippen MR) is 144 cm³/mol. The molecule has 3 aromatic rings. The highest BCUT2D eigenvalue weighted by Gasteiger charge is 2.36. The van der Waals surface area contributed by atoms with Gasteiger partial charge in [0, 0.05) is 16.9 Å². The standard InChI is InChI=1S/C28H25N3O5S/c1-18-12-13-22(14-19(18)2)30-26(33)17-36-23-11-7-6-8-20(23)15-24-27(34)31(28(35)37-24)16-25(32)29-21-9-4-3-5-10-21/h3-15H,16-17H2,1-2H3,(H,29,32)(H,30,33)/b24-15-. The number of rotatable bonds is 8. The minimum atomic E-state index is -0.569. The summed E-state index contributed by atoms with van der Waals surface area (Å²) < 4.78 is 5.72. The van der Waals surface area contributed by atoms with Gasteiger partial charge in [-0.3, -0.25) is 24.1 Å². The van der Waals surface area contributed by atoms with Gasteiger partial charge in [-0.05, 0) is 73.1 Å². The molecule has 4 rings (SSSR count). The molecule has 1 heterocycles. The molecule has 37 heavy (non-hydrogen) atoms. The number of carbonyl (C=O) groups excluding carboxylic acids is 4. The molecule has 8 nitrogen and oxygen atoms in total. The van der Waals surface area contributed by atoms with Crippen molar-refractivity contribution < 1.29 is 23.9 Å². The van der Waals surface area contributed by atoms with E-state index in [-0.39, 0.29) is 17.4 Å². The number of thioether (sulfide) groups is 1. The Labute approximate surface area is 218 Å². The molecular weight excluding hydrogens is 490 g/mol. The van der Waals surface area contributed by atoms with Crippen LogP contribution in [0.4, 0.5) is 16.2 Å². The van der Waals surface area contributed by atoms with E-state index in [1.54, 1.807) is 48.5 Å². The van der Waals surface area contributed by atoms with Crippen molar-refractivity contribution in [1.82, 2.24) is 4.90 Å². The minimum Gasteiger partial charge on any atom is -0.483 e. The summed E-state index contributed by atoms with van der Waals surface area (Å²) in [4.78, 5) is 51.1. The lowest BCUT2D eigenvalue weighted by molar-refractivity contribution is -0.127. The lowest BCUT2D eigenvalue weighted by Gasteiger charge is -2.12. The zero-order chi connectivity index (χ0) is 26.4. The molecule has 2 N–H and O–H groups in total. The number of para-hydroxylation sites is 2. The number of ether oxygens (including phenoxy) is 1. The third-order valence-electron chi connectivity index (χ3n) is 5.59. The van der Waals surface area contributed by atoms with Crippen LogP contribution in [-0.4, -0.2) is 41.0 Å². The molecule has 4 amide bonds. The molecule has 1 aliphatic rings. The SMILES string of the molecule is Cc1ccc(NC(=O)COc2ccccc2/C=C2\SC(=O)N(CC(=O)Nc3ccccc3)C2=O)cc1C. The van der Waals surface area contributed by atoms with Crippen LogP contribution in [0.1, 0.15) is 16.7 Å². The summed E-state index contributed by atoms with van der Waals surface area (Å²) in [5, 5.41) is 4.93. The molecule has 0 bridgehead atoms. The zero-order valence-corrected chi connectivity index (χ0v) is 21.1. The van der Waals surface area contributed by atoms with E-state index in [0.717, 1.165) is 27.8 Å². The van der Waals surface area contributed by atoms with Crippen molar-refractivity contribution in [1.29, 1.82) is 0 Å². The van der Waals surface area contributed by atoms with Crippen molar-refractivity contribution in [2.75, 3.05) is 23.8 Å². The Morgan fingerprint density at radius 2 is 1.57 bits per heavy atom. The first kappa shape index (κ1) is 25.7. The molecule has 1 fully saturated rings. The van der Waals surface area contributed by atoms with Crippen LogP contribution in [0.3, 0.4) is 0 Å². The highest BCUT2D eigenvalue weighted by Crippen LogP contribution is 2.34. The number of nitrogens with one attached hydrogen (secondary N) is 2. The minimum absolute atomic E-state index is 0.160. The number of hydrogen-bond acceptors (Lipinski definition) is 6. The average Bonchev–Trinajstić information content (AvgIpc) is 3.13. The summed E-state index contributed by atoms with van der Waals surface area (Å²) in [6.07, 6.45) is 1.52. The first-order chi connectivity index (χ1) is 17.8. The molecule has 3 aromatic carbocycles. The van der Waals surface area contributed by atoms with E-state index in [0.29, 0.717) is 22.7 Å². The van der Waals surface area contributed by atoms with Gasteiger partial charge in [-0.2, -0.15) is 0 Å². The Morgan fingerprint density at radius 1 is 0.865 bits per heavy atom. The molecule has 0 saturated carbocycles. The van der Waals surface area contributed by atoms with Gasteiger partial charge in [0.05, 0.1) is 4.91 Å². The van der Waals surface area contributed by atoms with Crippen LogP contribution in [0, 0.1) is 13.8 Å². The summed E-state index contributed by atoms with van der Waals surface area (Å²) in [6, 6.07) is 21.3. The maximum absolute atomic E-state index is 12.9. The third-order valence-corrected chi connectivity index (χ3v) is 6.50. The first-order valence-corrected chi connectivity index (χ1v) is 12.3. The summed E-state index contributed by atoms with van der Waals surface area (Å²) >= 11 is 0.746. The van der Waals surface area contributed by atoms with Crippen LogP contribution in [0.2, 0.25) is 0 Å². The molecule has 0 spiro atoms. The Bertz CT molecular complexity index is 1390. The number of hydrogen-bond donors (Lipinski definition) is 2. The average molecular weight is 516 g/mol. The third kappa shape index (κ3) is 6.65. The van der Waals surface area contributed by atoms with Crippen molar-refractivity contribution >= 4 is 52.2 Å². The van der Waals surface area contributed by atoms with E-state index in [2.05, 4.69) is 10.6 Å². The predicted octanol–water partition coefficient (Wildman–Crippen LogP) is 5.00. The van der Waals surface area contributed by atoms with Crippen LogP contribution in [0.5, 0.6) is 5.75 Å². The van der Waals surface area contributed by atoms with E-state index in [1.165, 1.54) is 6.08 Å². The van der Waals surface area contributed by atoms with Crippen LogP contribution in [-0.2, 0) is 14.4 Å². The Kier molecular flexibility index (Phi) is 8.05. The van der Waals surface area contributed by atoms with Crippen LogP contribution in [0.25, 0.3) is 6.08 Å². The fourth-order valence-corrected chi connectivity index (χ4v) is 4.36. The Hall–Kier alpha value is -4.37. The van der Waals surface area contributed by atoms with Crippen molar-refractivity contribution in [2.45, 2.75) is 13.8 Å². The second-order valence-corrected chi connectivity index (χ2v) is 9.35. The monoisotopic (exact) mass is 515 g/mol. The number of benzene rings is 3. The van der Waals surface area contributed by atoms with Gasteiger partial charge in [0.2, 0.25) is 5.91 Å². The first-order valence-electron chi connectivity index (χ1n) is 11.5. The van der Waals surface area contributed by atoms with Gasteiger partial charge in [0.25, 0.3) is 17.1 Å². The molecule has 0 unspecified atom stereocenters. The maximum atomic E-state index is 12.9. The Morgan fingerprint density at radius 3 is 2.32 bits per heavy atom.